The molecule has 0 fully saturated rings. The second-order valence-corrected chi connectivity index (χ2v) is 4.22. The van der Waals surface area contributed by atoms with Gasteiger partial charge in [0.05, 0.1) is 11.3 Å². The molecule has 0 aliphatic carbocycles. The number of phenolic OH excluding ortho intramolecular Hbond substituents is 1. The molecule has 2 rings (SSSR count). The largest absolute Gasteiger partial charge is 0.507 e. The lowest BCUT2D eigenvalue weighted by atomic mass is 10.2. The predicted octanol–water partition coefficient (Wildman–Crippen LogP) is 3.49. The number of aromatic hydroxyl groups is 1. The molecule has 0 spiro atoms. The van der Waals surface area contributed by atoms with Crippen LogP contribution in [0, 0.1) is 0 Å². The van der Waals surface area contributed by atoms with Gasteiger partial charge in [-0.3, -0.25) is 4.99 Å². The standard InChI is InChI=1S/C14H10ClNO3/c15-10-5-6-13(17)9(7-10)8-16-12-4-2-1-3-11(12)14(18)19/h1-8,17H,(H,18,19). The van der Waals surface area contributed by atoms with E-state index in [4.69, 9.17) is 16.7 Å². The highest BCUT2D eigenvalue weighted by molar-refractivity contribution is 6.30. The number of aromatic carboxylic acids is 1. The summed E-state index contributed by atoms with van der Waals surface area (Å²) >= 11 is 5.81. The Kier molecular flexibility index (Phi) is 3.82. The molecular weight excluding hydrogens is 266 g/mol. The Labute approximate surface area is 114 Å². The van der Waals surface area contributed by atoms with E-state index in [2.05, 4.69) is 4.99 Å². The minimum atomic E-state index is -1.05. The van der Waals surface area contributed by atoms with Crippen LogP contribution in [0.15, 0.2) is 47.5 Å². The van der Waals surface area contributed by atoms with Crippen LogP contribution in [0.25, 0.3) is 0 Å². The topological polar surface area (TPSA) is 69.9 Å². The van der Waals surface area contributed by atoms with E-state index in [1.807, 2.05) is 0 Å². The molecule has 0 radical (unpaired) electrons. The molecule has 0 aliphatic rings. The van der Waals surface area contributed by atoms with E-state index >= 15 is 0 Å². The Morgan fingerprint density at radius 1 is 1.21 bits per heavy atom. The fourth-order valence-corrected chi connectivity index (χ4v) is 1.72. The van der Waals surface area contributed by atoms with E-state index in [1.54, 1.807) is 30.3 Å². The van der Waals surface area contributed by atoms with E-state index in [0.29, 0.717) is 16.3 Å². The van der Waals surface area contributed by atoms with E-state index in [9.17, 15) is 9.90 Å². The van der Waals surface area contributed by atoms with Crippen molar-refractivity contribution in [2.75, 3.05) is 0 Å². The molecule has 0 saturated carbocycles. The Bertz CT molecular complexity index is 653. The number of hydrogen-bond donors (Lipinski definition) is 2. The van der Waals surface area contributed by atoms with Gasteiger partial charge in [0.15, 0.2) is 0 Å². The maximum absolute atomic E-state index is 11.0. The van der Waals surface area contributed by atoms with Crippen molar-refractivity contribution in [2.45, 2.75) is 0 Å². The van der Waals surface area contributed by atoms with Gasteiger partial charge < -0.3 is 10.2 Å². The minimum Gasteiger partial charge on any atom is -0.507 e. The Morgan fingerprint density at radius 3 is 2.68 bits per heavy atom. The lowest BCUT2D eigenvalue weighted by Gasteiger charge is -2.01. The number of benzene rings is 2. The molecule has 0 heterocycles. The molecule has 96 valence electrons. The molecule has 2 N–H and O–H groups in total. The van der Waals surface area contributed by atoms with Crippen molar-refractivity contribution in [1.29, 1.82) is 0 Å². The van der Waals surface area contributed by atoms with Crippen LogP contribution in [-0.2, 0) is 0 Å². The first-order chi connectivity index (χ1) is 9.08. The van der Waals surface area contributed by atoms with E-state index in [0.717, 1.165) is 0 Å². The Hall–Kier alpha value is -2.33. The van der Waals surface area contributed by atoms with Gasteiger partial charge in [-0.1, -0.05) is 23.7 Å². The van der Waals surface area contributed by atoms with E-state index in [1.165, 1.54) is 18.3 Å². The minimum absolute atomic E-state index is 0.0287. The van der Waals surface area contributed by atoms with Gasteiger partial charge in [0.2, 0.25) is 0 Å². The lowest BCUT2D eigenvalue weighted by Crippen LogP contribution is -1.96. The first-order valence-electron chi connectivity index (χ1n) is 5.43. The maximum atomic E-state index is 11.0. The summed E-state index contributed by atoms with van der Waals surface area (Å²) in [6, 6.07) is 10.9. The first-order valence-corrected chi connectivity index (χ1v) is 5.80. The summed E-state index contributed by atoms with van der Waals surface area (Å²) in [5.74, 6) is -1.02. The monoisotopic (exact) mass is 275 g/mol. The normalized spacial score (nSPS) is 10.8. The molecule has 19 heavy (non-hydrogen) atoms. The molecule has 0 unspecified atom stereocenters. The summed E-state index contributed by atoms with van der Waals surface area (Å²) in [5, 5.41) is 19.1. The Morgan fingerprint density at radius 2 is 1.95 bits per heavy atom. The molecule has 0 atom stereocenters. The van der Waals surface area contributed by atoms with Crippen LogP contribution in [0.1, 0.15) is 15.9 Å². The third-order valence-corrected chi connectivity index (χ3v) is 2.70. The number of carboxylic acids is 1. The van der Waals surface area contributed by atoms with E-state index in [-0.39, 0.29) is 11.3 Å². The van der Waals surface area contributed by atoms with Gasteiger partial charge in [-0.15, -0.1) is 0 Å². The van der Waals surface area contributed by atoms with Crippen molar-refractivity contribution in [2.24, 2.45) is 4.99 Å². The molecule has 4 nitrogen and oxygen atoms in total. The highest BCUT2D eigenvalue weighted by Gasteiger charge is 2.07. The number of carbonyl (C=O) groups is 1. The third-order valence-electron chi connectivity index (χ3n) is 2.47. The van der Waals surface area contributed by atoms with Crippen LogP contribution < -0.4 is 0 Å². The zero-order valence-electron chi connectivity index (χ0n) is 9.75. The summed E-state index contributed by atoms with van der Waals surface area (Å²) in [4.78, 5) is 15.1. The quantitative estimate of drug-likeness (QED) is 0.842. The molecule has 0 aliphatic heterocycles. The van der Waals surface area contributed by atoms with Crippen LogP contribution in [0.2, 0.25) is 5.02 Å². The number of nitrogens with zero attached hydrogens (tertiary/aromatic N) is 1. The number of carboxylic acid groups (broad SMARTS) is 1. The fourth-order valence-electron chi connectivity index (χ4n) is 1.53. The first kappa shape index (κ1) is 13.1. The second-order valence-electron chi connectivity index (χ2n) is 3.78. The van der Waals surface area contributed by atoms with Crippen molar-refractivity contribution in [3.05, 3.63) is 58.6 Å². The van der Waals surface area contributed by atoms with Crippen LogP contribution in [0.3, 0.4) is 0 Å². The van der Waals surface area contributed by atoms with Gasteiger partial charge in [-0.05, 0) is 30.3 Å². The Balaban J connectivity index is 2.38. The zero-order chi connectivity index (χ0) is 13.8. The molecule has 5 heteroatoms. The number of phenols is 1. The van der Waals surface area contributed by atoms with Gasteiger partial charge in [-0.25, -0.2) is 4.79 Å². The van der Waals surface area contributed by atoms with Gasteiger partial charge in [0.1, 0.15) is 5.75 Å². The highest BCUT2D eigenvalue weighted by Crippen LogP contribution is 2.22. The second kappa shape index (κ2) is 5.54. The molecule has 0 aromatic heterocycles. The number of halogens is 1. The highest BCUT2D eigenvalue weighted by atomic mass is 35.5. The summed E-state index contributed by atoms with van der Waals surface area (Å²) in [5.41, 5.74) is 0.835. The van der Waals surface area contributed by atoms with Gasteiger partial charge in [0.25, 0.3) is 0 Å². The van der Waals surface area contributed by atoms with Crippen LogP contribution in [0.4, 0.5) is 5.69 Å². The zero-order valence-corrected chi connectivity index (χ0v) is 10.5. The van der Waals surface area contributed by atoms with Crippen molar-refractivity contribution < 1.29 is 15.0 Å². The number of hydrogen-bond acceptors (Lipinski definition) is 3. The van der Waals surface area contributed by atoms with Gasteiger partial charge in [-0.2, -0.15) is 0 Å². The summed E-state index contributed by atoms with van der Waals surface area (Å²) in [6.07, 6.45) is 1.38. The van der Waals surface area contributed by atoms with Gasteiger partial charge in [0, 0.05) is 16.8 Å². The van der Waals surface area contributed by atoms with Crippen molar-refractivity contribution in [3.63, 3.8) is 0 Å². The number of para-hydroxylation sites is 1. The molecule has 0 amide bonds. The number of rotatable bonds is 3. The summed E-state index contributed by atoms with van der Waals surface area (Å²) < 4.78 is 0. The van der Waals surface area contributed by atoms with Crippen LogP contribution >= 0.6 is 11.6 Å². The average Bonchev–Trinajstić information content (AvgIpc) is 2.40. The summed E-state index contributed by atoms with van der Waals surface area (Å²) in [6.45, 7) is 0. The fraction of sp³-hybridized carbons (Fsp3) is 0. The molecule has 2 aromatic carbocycles. The third kappa shape index (κ3) is 3.11. The van der Waals surface area contributed by atoms with Crippen molar-refractivity contribution in [1.82, 2.24) is 0 Å². The smallest absolute Gasteiger partial charge is 0.337 e. The average molecular weight is 276 g/mol. The van der Waals surface area contributed by atoms with Crippen LogP contribution in [0.5, 0.6) is 5.75 Å². The van der Waals surface area contributed by atoms with Crippen molar-refractivity contribution in [3.8, 4) is 5.75 Å². The SMILES string of the molecule is O=C(O)c1ccccc1N=Cc1cc(Cl)ccc1O. The lowest BCUT2D eigenvalue weighted by molar-refractivity contribution is 0.0698. The number of aliphatic imine (C=N–C) groups is 1. The maximum Gasteiger partial charge on any atom is 0.337 e. The molecule has 2 aromatic rings. The van der Waals surface area contributed by atoms with Gasteiger partial charge >= 0.3 is 5.97 Å². The van der Waals surface area contributed by atoms with Crippen molar-refractivity contribution >= 4 is 29.5 Å². The summed E-state index contributed by atoms with van der Waals surface area (Å²) in [7, 11) is 0. The predicted molar refractivity (Wildman–Crippen MR) is 73.8 cm³/mol. The molecule has 0 saturated heterocycles. The van der Waals surface area contributed by atoms with Crippen LogP contribution in [-0.4, -0.2) is 22.4 Å². The molecule has 0 bridgehead atoms. The molecular formula is C14H10ClNO3. The van der Waals surface area contributed by atoms with E-state index < -0.39 is 5.97 Å².